The lowest BCUT2D eigenvalue weighted by atomic mass is 10.1. The monoisotopic (exact) mass is 308 g/mol. The van der Waals surface area contributed by atoms with Gasteiger partial charge in [0, 0.05) is 11.5 Å². The molecule has 0 spiro atoms. The van der Waals surface area contributed by atoms with Crippen LogP contribution in [0.25, 0.3) is 0 Å². The molecule has 0 bridgehead atoms. The lowest BCUT2D eigenvalue weighted by Crippen LogP contribution is -2.32. The fourth-order valence-corrected chi connectivity index (χ4v) is 2.40. The lowest BCUT2D eigenvalue weighted by molar-refractivity contribution is -0.698. The van der Waals surface area contributed by atoms with Gasteiger partial charge in [0.1, 0.15) is 12.3 Å². The van der Waals surface area contributed by atoms with E-state index in [2.05, 4.69) is 40.9 Å². The van der Waals surface area contributed by atoms with Gasteiger partial charge in [0.2, 0.25) is 6.33 Å². The second kappa shape index (κ2) is 7.58. The molecular formula is C19H22N3O+. The van der Waals surface area contributed by atoms with E-state index in [0.717, 1.165) is 25.3 Å². The van der Waals surface area contributed by atoms with Crippen molar-refractivity contribution < 1.29 is 9.30 Å². The predicted octanol–water partition coefficient (Wildman–Crippen LogP) is 3.00. The zero-order valence-corrected chi connectivity index (χ0v) is 13.4. The first-order chi connectivity index (χ1) is 11.3. The van der Waals surface area contributed by atoms with Crippen molar-refractivity contribution in [2.75, 3.05) is 6.61 Å². The van der Waals surface area contributed by atoms with Gasteiger partial charge in [-0.2, -0.15) is 0 Å². The summed E-state index contributed by atoms with van der Waals surface area (Å²) in [6.07, 6.45) is 4.87. The quantitative estimate of drug-likeness (QED) is 0.496. The molecule has 0 aliphatic heterocycles. The number of rotatable bonds is 7. The zero-order chi connectivity index (χ0) is 15.9. The summed E-state index contributed by atoms with van der Waals surface area (Å²) < 4.78 is 9.76. The molecule has 0 atom stereocenters. The molecule has 118 valence electrons. The van der Waals surface area contributed by atoms with Crippen LogP contribution in [0, 0.1) is 6.92 Å². The maximum atomic E-state index is 5.70. The van der Waals surface area contributed by atoms with E-state index in [1.54, 1.807) is 0 Å². The van der Waals surface area contributed by atoms with Gasteiger partial charge in [-0.25, -0.2) is 4.57 Å². The molecule has 0 N–H and O–H groups in total. The van der Waals surface area contributed by atoms with Gasteiger partial charge in [-0.15, -0.1) is 4.68 Å². The van der Waals surface area contributed by atoms with Gasteiger partial charge in [0.25, 0.3) is 6.33 Å². The van der Waals surface area contributed by atoms with Gasteiger partial charge >= 0.3 is 0 Å². The van der Waals surface area contributed by atoms with E-state index in [4.69, 9.17) is 4.74 Å². The molecule has 4 heteroatoms. The Labute approximate surface area is 137 Å². The van der Waals surface area contributed by atoms with E-state index in [1.165, 1.54) is 11.1 Å². The lowest BCUT2D eigenvalue weighted by Gasteiger charge is -2.04. The molecule has 0 amide bonds. The smallest absolute Gasteiger partial charge is 0.265 e. The first-order valence-corrected chi connectivity index (χ1v) is 7.94. The van der Waals surface area contributed by atoms with E-state index in [-0.39, 0.29) is 0 Å². The van der Waals surface area contributed by atoms with Crippen LogP contribution in [-0.4, -0.2) is 16.4 Å². The van der Waals surface area contributed by atoms with Gasteiger partial charge in [-0.3, -0.25) is 0 Å². The molecule has 4 nitrogen and oxygen atoms in total. The van der Waals surface area contributed by atoms with Gasteiger partial charge in [-0.1, -0.05) is 48.0 Å². The molecule has 3 rings (SSSR count). The van der Waals surface area contributed by atoms with Crippen LogP contribution in [0.5, 0.6) is 5.75 Å². The first kappa shape index (κ1) is 15.3. The van der Waals surface area contributed by atoms with E-state index in [0.29, 0.717) is 6.61 Å². The van der Waals surface area contributed by atoms with E-state index < -0.39 is 0 Å². The standard InChI is InChI=1S/C19H22N3O/c1-17-8-10-18(11-9-17)14-22-16-21(15-20-22)12-5-13-23-19-6-3-2-4-7-19/h2-4,6-11,15-16H,5,12-14H2,1H3/q+1. The van der Waals surface area contributed by atoms with Crippen molar-refractivity contribution in [2.45, 2.75) is 26.4 Å². The third-order valence-electron chi connectivity index (χ3n) is 3.67. The minimum atomic E-state index is 0.708. The summed E-state index contributed by atoms with van der Waals surface area (Å²) in [5.41, 5.74) is 2.54. The molecule has 0 saturated carbocycles. The molecule has 0 aliphatic carbocycles. The molecule has 0 aliphatic rings. The second-order valence-corrected chi connectivity index (χ2v) is 5.68. The highest BCUT2D eigenvalue weighted by atomic mass is 16.5. The Hall–Kier alpha value is -2.62. The average Bonchev–Trinajstić information content (AvgIpc) is 3.02. The van der Waals surface area contributed by atoms with Gasteiger partial charge in [0.05, 0.1) is 13.2 Å². The Balaban J connectivity index is 1.45. The Bertz CT molecular complexity index is 720. The summed E-state index contributed by atoms with van der Waals surface area (Å²) >= 11 is 0. The fraction of sp³-hybridized carbons (Fsp3) is 0.263. The molecule has 0 unspecified atom stereocenters. The predicted molar refractivity (Wildman–Crippen MR) is 89.3 cm³/mol. The van der Waals surface area contributed by atoms with Crippen LogP contribution in [0.1, 0.15) is 17.5 Å². The third kappa shape index (κ3) is 4.68. The van der Waals surface area contributed by atoms with Crippen LogP contribution >= 0.6 is 0 Å². The number of ether oxygens (including phenoxy) is 1. The summed E-state index contributed by atoms with van der Waals surface area (Å²) in [5, 5.41) is 4.41. The van der Waals surface area contributed by atoms with E-state index >= 15 is 0 Å². The molecule has 0 fully saturated rings. The van der Waals surface area contributed by atoms with Crippen LogP contribution in [0.4, 0.5) is 0 Å². The maximum Gasteiger partial charge on any atom is 0.265 e. The molecule has 1 heterocycles. The normalized spacial score (nSPS) is 10.7. The Morgan fingerprint density at radius 2 is 1.83 bits per heavy atom. The van der Waals surface area contributed by atoms with Crippen molar-refractivity contribution in [3.63, 3.8) is 0 Å². The van der Waals surface area contributed by atoms with Crippen LogP contribution in [0.3, 0.4) is 0 Å². The number of para-hydroxylation sites is 1. The van der Waals surface area contributed by atoms with Crippen molar-refractivity contribution in [3.8, 4) is 5.75 Å². The van der Waals surface area contributed by atoms with Crippen molar-refractivity contribution in [2.24, 2.45) is 0 Å². The Morgan fingerprint density at radius 3 is 2.61 bits per heavy atom. The average molecular weight is 308 g/mol. The number of hydrogen-bond acceptors (Lipinski definition) is 2. The second-order valence-electron chi connectivity index (χ2n) is 5.68. The number of aryl methyl sites for hydroxylation is 2. The van der Waals surface area contributed by atoms with Crippen molar-refractivity contribution >= 4 is 0 Å². The molecule has 2 aromatic carbocycles. The maximum absolute atomic E-state index is 5.70. The van der Waals surface area contributed by atoms with Crippen molar-refractivity contribution in [3.05, 3.63) is 78.4 Å². The highest BCUT2D eigenvalue weighted by Crippen LogP contribution is 2.08. The topological polar surface area (TPSA) is 30.9 Å². The first-order valence-electron chi connectivity index (χ1n) is 7.94. The van der Waals surface area contributed by atoms with E-state index in [9.17, 15) is 0 Å². The van der Waals surface area contributed by atoms with Gasteiger partial charge < -0.3 is 4.74 Å². The largest absolute Gasteiger partial charge is 0.493 e. The zero-order valence-electron chi connectivity index (χ0n) is 13.4. The number of benzene rings is 2. The SMILES string of the molecule is Cc1ccc(Cn2c[n+](CCCOc3ccccc3)cn2)cc1. The Morgan fingerprint density at radius 1 is 1.04 bits per heavy atom. The van der Waals surface area contributed by atoms with Crippen molar-refractivity contribution in [1.29, 1.82) is 0 Å². The Kier molecular flexibility index (Phi) is 5.04. The molecule has 1 aromatic heterocycles. The summed E-state index contributed by atoms with van der Waals surface area (Å²) in [5.74, 6) is 0.924. The minimum Gasteiger partial charge on any atom is -0.493 e. The fourth-order valence-electron chi connectivity index (χ4n) is 2.40. The molecule has 3 aromatic rings. The number of aromatic nitrogens is 3. The van der Waals surface area contributed by atoms with Crippen LogP contribution in [-0.2, 0) is 13.1 Å². The highest BCUT2D eigenvalue weighted by molar-refractivity contribution is 5.21. The third-order valence-corrected chi connectivity index (χ3v) is 3.67. The summed E-state index contributed by atoms with van der Waals surface area (Å²) in [6.45, 7) is 4.51. The molecular weight excluding hydrogens is 286 g/mol. The molecule has 23 heavy (non-hydrogen) atoms. The molecule has 0 radical (unpaired) electrons. The summed E-state index contributed by atoms with van der Waals surface area (Å²) in [6, 6.07) is 18.5. The van der Waals surface area contributed by atoms with Crippen molar-refractivity contribution in [1.82, 2.24) is 9.78 Å². The molecule has 0 saturated heterocycles. The van der Waals surface area contributed by atoms with Crippen LogP contribution < -0.4 is 9.30 Å². The summed E-state index contributed by atoms with van der Waals surface area (Å²) in [7, 11) is 0. The van der Waals surface area contributed by atoms with Crippen LogP contribution in [0.15, 0.2) is 67.3 Å². The van der Waals surface area contributed by atoms with Gasteiger partial charge in [0.15, 0.2) is 0 Å². The highest BCUT2D eigenvalue weighted by Gasteiger charge is 2.06. The summed E-state index contributed by atoms with van der Waals surface area (Å²) in [4.78, 5) is 0. The van der Waals surface area contributed by atoms with E-state index in [1.807, 2.05) is 47.7 Å². The number of hydrogen-bond donors (Lipinski definition) is 0. The van der Waals surface area contributed by atoms with Crippen LogP contribution in [0.2, 0.25) is 0 Å². The number of nitrogens with zero attached hydrogens (tertiary/aromatic N) is 3. The minimum absolute atomic E-state index is 0.708. The van der Waals surface area contributed by atoms with Gasteiger partial charge in [-0.05, 0) is 24.6 Å².